The molecule has 2 unspecified atom stereocenters. The molecule has 0 radical (unpaired) electrons. The zero-order chi connectivity index (χ0) is 16.4. The van der Waals surface area contributed by atoms with Gasteiger partial charge in [0, 0.05) is 25.6 Å². The van der Waals surface area contributed by atoms with Crippen molar-refractivity contribution in [2.75, 3.05) is 14.2 Å². The third-order valence-corrected chi connectivity index (χ3v) is 5.72. The molecule has 2 atom stereocenters. The number of amides is 1. The van der Waals surface area contributed by atoms with Crippen molar-refractivity contribution in [1.29, 1.82) is 0 Å². The van der Waals surface area contributed by atoms with E-state index in [1.165, 1.54) is 19.3 Å². The molecule has 2 aliphatic carbocycles. The van der Waals surface area contributed by atoms with Gasteiger partial charge < -0.3 is 15.4 Å². The van der Waals surface area contributed by atoms with Crippen LogP contribution in [-0.2, 0) is 11.3 Å². The van der Waals surface area contributed by atoms with E-state index in [4.69, 9.17) is 10.5 Å². The fourth-order valence-corrected chi connectivity index (χ4v) is 4.39. The molecule has 3 rings (SSSR count). The number of benzene rings is 1. The molecule has 0 aromatic heterocycles. The Morgan fingerprint density at radius 2 is 1.83 bits per heavy atom. The van der Waals surface area contributed by atoms with Crippen molar-refractivity contribution in [3.05, 3.63) is 29.8 Å². The van der Waals surface area contributed by atoms with E-state index in [2.05, 4.69) is 0 Å². The van der Waals surface area contributed by atoms with Crippen molar-refractivity contribution < 1.29 is 9.53 Å². The summed E-state index contributed by atoms with van der Waals surface area (Å²) in [6, 6.07) is 8.25. The summed E-state index contributed by atoms with van der Waals surface area (Å²) in [5.74, 6) is 2.38. The van der Waals surface area contributed by atoms with Crippen LogP contribution in [-0.4, -0.2) is 31.0 Å². The molecule has 1 aromatic rings. The fraction of sp³-hybridized carbons (Fsp3) is 0.632. The number of hydrogen-bond donors (Lipinski definition) is 1. The minimum Gasteiger partial charge on any atom is -0.497 e. The Morgan fingerprint density at radius 3 is 2.39 bits per heavy atom. The highest BCUT2D eigenvalue weighted by Crippen LogP contribution is 2.42. The first-order valence-electron chi connectivity index (χ1n) is 8.72. The molecule has 2 N–H and O–H groups in total. The van der Waals surface area contributed by atoms with Crippen LogP contribution in [0.2, 0.25) is 0 Å². The summed E-state index contributed by atoms with van der Waals surface area (Å²) < 4.78 is 5.18. The van der Waals surface area contributed by atoms with Gasteiger partial charge in [-0.3, -0.25) is 4.79 Å². The molecule has 2 saturated carbocycles. The Labute approximate surface area is 139 Å². The first-order chi connectivity index (χ1) is 11.1. The molecule has 4 heteroatoms. The third-order valence-electron chi connectivity index (χ3n) is 5.72. The average molecular weight is 316 g/mol. The smallest absolute Gasteiger partial charge is 0.225 e. The molecule has 0 saturated heterocycles. The maximum Gasteiger partial charge on any atom is 0.225 e. The van der Waals surface area contributed by atoms with Gasteiger partial charge in [0.15, 0.2) is 0 Å². The number of methoxy groups -OCH3 is 1. The SMILES string of the molecule is COc1ccc(CN(C)C(=O)C2CC3CCCC(C2)C3N)cc1. The third kappa shape index (κ3) is 3.52. The van der Waals surface area contributed by atoms with Gasteiger partial charge in [-0.05, 0) is 55.2 Å². The van der Waals surface area contributed by atoms with Gasteiger partial charge in [-0.15, -0.1) is 0 Å². The van der Waals surface area contributed by atoms with Crippen LogP contribution in [0.25, 0.3) is 0 Å². The lowest BCUT2D eigenvalue weighted by molar-refractivity contribution is -0.137. The van der Waals surface area contributed by atoms with E-state index in [1.54, 1.807) is 7.11 Å². The highest BCUT2D eigenvalue weighted by atomic mass is 16.5. The first-order valence-corrected chi connectivity index (χ1v) is 8.72. The Balaban J connectivity index is 1.60. The van der Waals surface area contributed by atoms with Crippen molar-refractivity contribution in [2.45, 2.75) is 44.7 Å². The van der Waals surface area contributed by atoms with E-state index in [-0.39, 0.29) is 11.8 Å². The summed E-state index contributed by atoms with van der Waals surface area (Å²) in [4.78, 5) is 14.7. The molecule has 0 spiro atoms. The van der Waals surface area contributed by atoms with Crippen molar-refractivity contribution in [3.8, 4) is 5.75 Å². The number of hydrogen-bond acceptors (Lipinski definition) is 3. The van der Waals surface area contributed by atoms with Crippen LogP contribution in [0.1, 0.15) is 37.7 Å². The number of carbonyl (C=O) groups is 1. The number of carbonyl (C=O) groups excluding carboxylic acids is 1. The quantitative estimate of drug-likeness (QED) is 0.929. The molecule has 0 aliphatic heterocycles. The molecule has 1 aromatic carbocycles. The van der Waals surface area contributed by atoms with Crippen molar-refractivity contribution in [1.82, 2.24) is 4.90 Å². The van der Waals surface area contributed by atoms with Crippen molar-refractivity contribution in [3.63, 3.8) is 0 Å². The van der Waals surface area contributed by atoms with Crippen LogP contribution in [0.4, 0.5) is 0 Å². The Hall–Kier alpha value is -1.55. The van der Waals surface area contributed by atoms with Gasteiger partial charge in [-0.2, -0.15) is 0 Å². The monoisotopic (exact) mass is 316 g/mol. The van der Waals surface area contributed by atoms with Crippen LogP contribution >= 0.6 is 0 Å². The molecule has 2 aliphatic rings. The van der Waals surface area contributed by atoms with Gasteiger partial charge in [-0.1, -0.05) is 18.6 Å². The second-order valence-electron chi connectivity index (χ2n) is 7.24. The highest BCUT2D eigenvalue weighted by molar-refractivity contribution is 5.78. The van der Waals surface area contributed by atoms with Crippen LogP contribution in [0, 0.1) is 17.8 Å². The first kappa shape index (κ1) is 16.3. The number of nitrogens with zero attached hydrogens (tertiary/aromatic N) is 1. The zero-order valence-electron chi connectivity index (χ0n) is 14.2. The topological polar surface area (TPSA) is 55.6 Å². The Morgan fingerprint density at radius 1 is 1.22 bits per heavy atom. The van der Waals surface area contributed by atoms with Gasteiger partial charge in [0.2, 0.25) is 5.91 Å². The van der Waals surface area contributed by atoms with Gasteiger partial charge >= 0.3 is 0 Å². The van der Waals surface area contributed by atoms with Crippen molar-refractivity contribution >= 4 is 5.91 Å². The molecule has 4 nitrogen and oxygen atoms in total. The van der Waals surface area contributed by atoms with Crippen LogP contribution in [0.3, 0.4) is 0 Å². The largest absolute Gasteiger partial charge is 0.497 e. The molecule has 2 fully saturated rings. The number of fused-ring (bicyclic) bond motifs is 2. The predicted octanol–water partition coefficient (Wildman–Crippen LogP) is 2.81. The molecule has 0 heterocycles. The normalized spacial score (nSPS) is 29.9. The lowest BCUT2D eigenvalue weighted by Gasteiger charge is -2.44. The van der Waals surface area contributed by atoms with Gasteiger partial charge in [0.25, 0.3) is 0 Å². The summed E-state index contributed by atoms with van der Waals surface area (Å²) >= 11 is 0. The summed E-state index contributed by atoms with van der Waals surface area (Å²) in [6.07, 6.45) is 5.63. The molecule has 1 amide bonds. The molecular formula is C19H28N2O2. The van der Waals surface area contributed by atoms with E-state index in [0.29, 0.717) is 24.4 Å². The van der Waals surface area contributed by atoms with Crippen LogP contribution in [0.15, 0.2) is 24.3 Å². The fourth-order valence-electron chi connectivity index (χ4n) is 4.39. The van der Waals surface area contributed by atoms with Gasteiger partial charge in [0.05, 0.1) is 7.11 Å². The molecule has 2 bridgehead atoms. The second kappa shape index (κ2) is 6.91. The summed E-state index contributed by atoms with van der Waals surface area (Å²) in [6.45, 7) is 0.653. The summed E-state index contributed by atoms with van der Waals surface area (Å²) in [5, 5.41) is 0. The molecular weight excluding hydrogens is 288 g/mol. The van der Waals surface area contributed by atoms with E-state index in [9.17, 15) is 4.79 Å². The summed E-state index contributed by atoms with van der Waals surface area (Å²) in [7, 11) is 3.58. The van der Waals surface area contributed by atoms with E-state index in [0.717, 1.165) is 24.2 Å². The summed E-state index contributed by atoms with van der Waals surface area (Å²) in [5.41, 5.74) is 7.47. The predicted molar refractivity (Wildman–Crippen MR) is 91.0 cm³/mol. The average Bonchev–Trinajstić information content (AvgIpc) is 2.54. The molecule has 126 valence electrons. The Bertz CT molecular complexity index is 529. The maximum absolute atomic E-state index is 12.8. The van der Waals surface area contributed by atoms with Crippen LogP contribution in [0.5, 0.6) is 5.75 Å². The van der Waals surface area contributed by atoms with Crippen LogP contribution < -0.4 is 10.5 Å². The zero-order valence-corrected chi connectivity index (χ0v) is 14.2. The van der Waals surface area contributed by atoms with Gasteiger partial charge in [-0.25, -0.2) is 0 Å². The van der Waals surface area contributed by atoms with E-state index in [1.807, 2.05) is 36.2 Å². The van der Waals surface area contributed by atoms with E-state index >= 15 is 0 Å². The number of nitrogens with two attached hydrogens (primary N) is 1. The number of rotatable bonds is 4. The lowest BCUT2D eigenvalue weighted by Crippen LogP contribution is -2.49. The number of ether oxygens (including phenoxy) is 1. The minimum absolute atomic E-state index is 0.161. The van der Waals surface area contributed by atoms with Crippen molar-refractivity contribution in [2.24, 2.45) is 23.5 Å². The second-order valence-corrected chi connectivity index (χ2v) is 7.24. The van der Waals surface area contributed by atoms with Gasteiger partial charge in [0.1, 0.15) is 5.75 Å². The lowest BCUT2D eigenvalue weighted by atomic mass is 9.65. The van der Waals surface area contributed by atoms with E-state index < -0.39 is 0 Å². The highest BCUT2D eigenvalue weighted by Gasteiger charge is 2.41. The Kier molecular flexibility index (Phi) is 4.90. The maximum atomic E-state index is 12.8. The molecule has 23 heavy (non-hydrogen) atoms. The standard InChI is InChI=1S/C19H28N2O2/c1-21(12-13-6-8-17(23-2)9-7-13)19(22)16-10-14-4-3-5-15(11-16)18(14)20/h6-9,14-16,18H,3-5,10-12,20H2,1-2H3. The minimum atomic E-state index is 0.161.